The third-order valence-corrected chi connectivity index (χ3v) is 5.52. The standard InChI is InChI=1S/C23H23N5O2/c24-22-21-20(12-14-26-22)27(17-5-4-13-25-15-17)23(29)28(21)16-8-10-19(11-9-16)30-18-6-2-1-3-7-18/h1-3,6-12,14,17,25H,4-5,13,15H2,(H2,24,26). The number of benzene rings is 2. The van der Waals surface area contributed by atoms with E-state index >= 15 is 0 Å². The van der Waals surface area contributed by atoms with Crippen LogP contribution in [0.1, 0.15) is 18.9 Å². The third kappa shape index (κ3) is 3.23. The van der Waals surface area contributed by atoms with Crippen LogP contribution in [0.5, 0.6) is 11.5 Å². The minimum Gasteiger partial charge on any atom is -0.457 e. The average molecular weight is 401 g/mol. The molecule has 1 aliphatic rings. The van der Waals surface area contributed by atoms with Crippen molar-refractivity contribution in [2.45, 2.75) is 18.9 Å². The number of hydrogen-bond donors (Lipinski definition) is 2. The highest BCUT2D eigenvalue weighted by Crippen LogP contribution is 2.28. The lowest BCUT2D eigenvalue weighted by molar-refractivity contribution is 0.370. The van der Waals surface area contributed by atoms with Crippen LogP contribution in [0.25, 0.3) is 16.7 Å². The number of aromatic nitrogens is 3. The van der Waals surface area contributed by atoms with Crippen molar-refractivity contribution in [1.29, 1.82) is 0 Å². The zero-order valence-corrected chi connectivity index (χ0v) is 16.5. The second-order valence-electron chi connectivity index (χ2n) is 7.46. The molecule has 1 saturated heterocycles. The number of imidazole rings is 1. The van der Waals surface area contributed by atoms with Gasteiger partial charge in [0.15, 0.2) is 0 Å². The molecule has 7 heteroatoms. The molecule has 7 nitrogen and oxygen atoms in total. The molecule has 0 amide bonds. The predicted octanol–water partition coefficient (Wildman–Crippen LogP) is 3.49. The van der Waals surface area contributed by atoms with Gasteiger partial charge in [-0.25, -0.2) is 9.78 Å². The number of hydrogen-bond acceptors (Lipinski definition) is 5. The molecular weight excluding hydrogens is 378 g/mol. The molecule has 1 unspecified atom stereocenters. The fourth-order valence-corrected chi connectivity index (χ4v) is 4.12. The van der Waals surface area contributed by atoms with Crippen molar-refractivity contribution < 1.29 is 4.74 Å². The Bertz CT molecular complexity index is 1220. The molecule has 3 N–H and O–H groups in total. The van der Waals surface area contributed by atoms with E-state index in [1.807, 2.05) is 65.2 Å². The molecule has 30 heavy (non-hydrogen) atoms. The number of nitrogens with zero attached hydrogens (tertiary/aromatic N) is 3. The number of nitrogens with two attached hydrogens (primary N) is 1. The van der Waals surface area contributed by atoms with Crippen molar-refractivity contribution in [2.75, 3.05) is 18.8 Å². The number of nitrogens with one attached hydrogen (secondary N) is 1. The van der Waals surface area contributed by atoms with Crippen LogP contribution in [0.4, 0.5) is 5.82 Å². The molecule has 3 heterocycles. The first-order valence-corrected chi connectivity index (χ1v) is 10.1. The fourth-order valence-electron chi connectivity index (χ4n) is 4.12. The van der Waals surface area contributed by atoms with E-state index in [9.17, 15) is 4.79 Å². The number of rotatable bonds is 4. The van der Waals surface area contributed by atoms with Gasteiger partial charge >= 0.3 is 5.69 Å². The Morgan fingerprint density at radius 2 is 1.80 bits per heavy atom. The summed E-state index contributed by atoms with van der Waals surface area (Å²) in [6, 6.07) is 19.0. The smallest absolute Gasteiger partial charge is 0.334 e. The second-order valence-corrected chi connectivity index (χ2v) is 7.46. The van der Waals surface area contributed by atoms with Gasteiger partial charge in [0.2, 0.25) is 0 Å². The van der Waals surface area contributed by atoms with Gasteiger partial charge in [0, 0.05) is 12.7 Å². The normalized spacial score (nSPS) is 16.6. The van der Waals surface area contributed by atoms with E-state index in [0.29, 0.717) is 17.1 Å². The van der Waals surface area contributed by atoms with Crippen molar-refractivity contribution in [3.05, 3.63) is 77.3 Å². The summed E-state index contributed by atoms with van der Waals surface area (Å²) in [6.07, 6.45) is 3.65. The molecule has 0 spiro atoms. The number of fused-ring (bicyclic) bond motifs is 1. The first kappa shape index (κ1) is 18.4. The van der Waals surface area contributed by atoms with Crippen LogP contribution in [-0.4, -0.2) is 27.2 Å². The van der Waals surface area contributed by atoms with E-state index in [4.69, 9.17) is 10.5 Å². The molecule has 1 aliphatic heterocycles. The molecule has 1 fully saturated rings. The Morgan fingerprint density at radius 1 is 1.03 bits per heavy atom. The van der Waals surface area contributed by atoms with Crippen molar-refractivity contribution >= 4 is 16.9 Å². The Hall–Kier alpha value is -3.58. The molecular formula is C23H23N5O2. The number of ether oxygens (including phenoxy) is 1. The fraction of sp³-hybridized carbons (Fsp3) is 0.217. The lowest BCUT2D eigenvalue weighted by atomic mass is 10.1. The van der Waals surface area contributed by atoms with Crippen LogP contribution in [0, 0.1) is 0 Å². The minimum absolute atomic E-state index is 0.0949. The molecule has 0 radical (unpaired) electrons. The van der Waals surface area contributed by atoms with Crippen LogP contribution in [0.3, 0.4) is 0 Å². The number of para-hydroxylation sites is 1. The summed E-state index contributed by atoms with van der Waals surface area (Å²) in [5.74, 6) is 1.80. The van der Waals surface area contributed by atoms with Crippen LogP contribution in [0.15, 0.2) is 71.7 Å². The van der Waals surface area contributed by atoms with Gasteiger partial charge in [0.1, 0.15) is 22.8 Å². The maximum atomic E-state index is 13.5. The third-order valence-electron chi connectivity index (χ3n) is 5.52. The molecule has 5 rings (SSSR count). The number of piperidine rings is 1. The van der Waals surface area contributed by atoms with Crippen LogP contribution in [0.2, 0.25) is 0 Å². The van der Waals surface area contributed by atoms with Gasteiger partial charge in [0.25, 0.3) is 0 Å². The largest absolute Gasteiger partial charge is 0.457 e. The summed E-state index contributed by atoms with van der Waals surface area (Å²) in [4.78, 5) is 17.7. The van der Waals surface area contributed by atoms with E-state index in [1.165, 1.54) is 0 Å². The minimum atomic E-state index is -0.102. The van der Waals surface area contributed by atoms with E-state index in [2.05, 4.69) is 10.3 Å². The van der Waals surface area contributed by atoms with Crippen LogP contribution < -0.4 is 21.5 Å². The molecule has 0 saturated carbocycles. The summed E-state index contributed by atoms with van der Waals surface area (Å²) in [5, 5.41) is 3.39. The SMILES string of the molecule is Nc1nccc2c1n(-c1ccc(Oc3ccccc3)cc1)c(=O)n2C1CCCNC1. The summed E-state index contributed by atoms with van der Waals surface area (Å²) in [5.41, 5.74) is 8.30. The molecule has 0 bridgehead atoms. The van der Waals surface area contributed by atoms with Gasteiger partial charge in [-0.15, -0.1) is 0 Å². The molecule has 0 aliphatic carbocycles. The maximum Gasteiger partial charge on any atom is 0.334 e. The molecule has 152 valence electrons. The Morgan fingerprint density at radius 3 is 2.53 bits per heavy atom. The van der Waals surface area contributed by atoms with Gasteiger partial charge in [0.05, 0.1) is 17.2 Å². The second kappa shape index (κ2) is 7.68. The highest BCUT2D eigenvalue weighted by molar-refractivity contribution is 5.87. The van der Waals surface area contributed by atoms with Crippen molar-refractivity contribution in [3.63, 3.8) is 0 Å². The first-order valence-electron chi connectivity index (χ1n) is 10.1. The van der Waals surface area contributed by atoms with Gasteiger partial charge in [-0.1, -0.05) is 18.2 Å². The summed E-state index contributed by atoms with van der Waals surface area (Å²) in [6.45, 7) is 1.75. The molecule has 1 atom stereocenters. The van der Waals surface area contributed by atoms with E-state index in [1.54, 1.807) is 10.8 Å². The zero-order chi connectivity index (χ0) is 20.5. The summed E-state index contributed by atoms with van der Waals surface area (Å²) < 4.78 is 9.38. The zero-order valence-electron chi connectivity index (χ0n) is 16.5. The average Bonchev–Trinajstić information content (AvgIpc) is 3.09. The van der Waals surface area contributed by atoms with Gasteiger partial charge in [-0.2, -0.15) is 0 Å². The maximum absolute atomic E-state index is 13.5. The van der Waals surface area contributed by atoms with Gasteiger partial charge < -0.3 is 15.8 Å². The molecule has 2 aromatic heterocycles. The van der Waals surface area contributed by atoms with Crippen LogP contribution >= 0.6 is 0 Å². The van der Waals surface area contributed by atoms with Gasteiger partial charge in [-0.3, -0.25) is 9.13 Å². The summed E-state index contributed by atoms with van der Waals surface area (Å²) in [7, 11) is 0. The highest BCUT2D eigenvalue weighted by atomic mass is 16.5. The van der Waals surface area contributed by atoms with Crippen molar-refractivity contribution in [1.82, 2.24) is 19.4 Å². The van der Waals surface area contributed by atoms with Crippen molar-refractivity contribution in [2.24, 2.45) is 0 Å². The predicted molar refractivity (Wildman–Crippen MR) is 117 cm³/mol. The highest BCUT2D eigenvalue weighted by Gasteiger charge is 2.24. The van der Waals surface area contributed by atoms with E-state index in [-0.39, 0.29) is 11.7 Å². The Labute approximate surface area is 173 Å². The molecule has 4 aromatic rings. The summed E-state index contributed by atoms with van der Waals surface area (Å²) >= 11 is 0. The number of pyridine rings is 1. The van der Waals surface area contributed by atoms with Crippen LogP contribution in [-0.2, 0) is 0 Å². The monoisotopic (exact) mass is 401 g/mol. The number of anilines is 1. The van der Waals surface area contributed by atoms with Gasteiger partial charge in [-0.05, 0) is 61.9 Å². The van der Waals surface area contributed by atoms with E-state index < -0.39 is 0 Å². The number of nitrogen functional groups attached to an aromatic ring is 1. The Kier molecular flexibility index (Phi) is 4.72. The quantitative estimate of drug-likeness (QED) is 0.547. The lowest BCUT2D eigenvalue weighted by Gasteiger charge is -2.23. The van der Waals surface area contributed by atoms with E-state index in [0.717, 1.165) is 42.9 Å². The van der Waals surface area contributed by atoms with Crippen molar-refractivity contribution in [3.8, 4) is 17.2 Å². The Balaban J connectivity index is 1.59. The lowest BCUT2D eigenvalue weighted by Crippen LogP contribution is -2.36. The topological polar surface area (TPSA) is 87.1 Å². The first-order chi connectivity index (χ1) is 14.7. The molecule has 2 aromatic carbocycles.